The highest BCUT2D eigenvalue weighted by Crippen LogP contribution is 2.52. The maximum absolute atomic E-state index is 12.7. The van der Waals surface area contributed by atoms with Crippen LogP contribution in [0.25, 0.3) is 0 Å². The van der Waals surface area contributed by atoms with Gasteiger partial charge in [-0.15, -0.1) is 0 Å². The molecule has 0 unspecified atom stereocenters. The van der Waals surface area contributed by atoms with Crippen LogP contribution in [-0.2, 0) is 19.1 Å². The van der Waals surface area contributed by atoms with Crippen LogP contribution in [0.5, 0.6) is 0 Å². The number of rotatable bonds is 7. The number of unbranched alkanes of at least 4 members (excludes halogenated alkanes) is 2. The first-order valence-electron chi connectivity index (χ1n) is 8.45. The van der Waals surface area contributed by atoms with Crippen molar-refractivity contribution in [3.05, 3.63) is 12.2 Å². The largest absolute Gasteiger partial charge is 0.465 e. The van der Waals surface area contributed by atoms with Crippen LogP contribution in [0.4, 0.5) is 0 Å². The molecule has 0 aromatic carbocycles. The van der Waals surface area contributed by atoms with Gasteiger partial charge in [-0.2, -0.15) is 0 Å². The van der Waals surface area contributed by atoms with Crippen molar-refractivity contribution in [3.8, 4) is 0 Å². The minimum absolute atomic E-state index is 0.0535. The number of amides is 1. The Labute approximate surface area is 131 Å². The number of ether oxygens (including phenoxy) is 2. The van der Waals surface area contributed by atoms with Crippen LogP contribution in [0.3, 0.4) is 0 Å². The van der Waals surface area contributed by atoms with Crippen LogP contribution in [-0.4, -0.2) is 48.2 Å². The Morgan fingerprint density at radius 2 is 2.18 bits per heavy atom. The van der Waals surface area contributed by atoms with Crippen molar-refractivity contribution >= 4 is 11.9 Å². The monoisotopic (exact) mass is 307 g/mol. The van der Waals surface area contributed by atoms with Crippen molar-refractivity contribution in [3.63, 3.8) is 0 Å². The van der Waals surface area contributed by atoms with E-state index in [9.17, 15) is 9.59 Å². The van der Waals surface area contributed by atoms with E-state index in [-0.39, 0.29) is 18.0 Å². The molecule has 122 valence electrons. The second-order valence-electron chi connectivity index (χ2n) is 6.53. The Morgan fingerprint density at radius 3 is 2.91 bits per heavy atom. The number of nitrogens with zero attached hydrogens (tertiary/aromatic N) is 1. The van der Waals surface area contributed by atoms with Crippen molar-refractivity contribution < 1.29 is 19.1 Å². The highest BCUT2D eigenvalue weighted by atomic mass is 16.6. The van der Waals surface area contributed by atoms with E-state index in [2.05, 4.69) is 13.8 Å². The van der Waals surface area contributed by atoms with Gasteiger partial charge in [-0.3, -0.25) is 9.59 Å². The van der Waals surface area contributed by atoms with E-state index in [0.717, 1.165) is 32.2 Å². The molecule has 0 aromatic heterocycles. The molecule has 0 N–H and O–H groups in total. The van der Waals surface area contributed by atoms with Crippen LogP contribution in [0.15, 0.2) is 12.2 Å². The summed E-state index contributed by atoms with van der Waals surface area (Å²) in [6, 6.07) is 0. The third kappa shape index (κ3) is 2.35. The second kappa shape index (κ2) is 6.03. The third-order valence-corrected chi connectivity index (χ3v) is 4.97. The molecule has 2 bridgehead atoms. The summed E-state index contributed by atoms with van der Waals surface area (Å²) in [5.41, 5.74) is -0.593. The molecule has 0 aromatic rings. The highest BCUT2D eigenvalue weighted by Gasteiger charge is 2.67. The number of likely N-dealkylation sites (tertiary alicyclic amines) is 1. The lowest BCUT2D eigenvalue weighted by atomic mass is 9.77. The molecule has 0 saturated carbocycles. The fourth-order valence-corrected chi connectivity index (χ4v) is 3.80. The molecule has 3 rings (SSSR count). The van der Waals surface area contributed by atoms with Crippen molar-refractivity contribution in [2.24, 2.45) is 11.8 Å². The maximum atomic E-state index is 12.7. The number of carbonyl (C=O) groups is 2. The highest BCUT2D eigenvalue weighted by molar-refractivity contribution is 5.91. The van der Waals surface area contributed by atoms with Crippen molar-refractivity contribution in [1.29, 1.82) is 0 Å². The zero-order valence-electron chi connectivity index (χ0n) is 13.4. The molecule has 0 aliphatic carbocycles. The van der Waals surface area contributed by atoms with E-state index in [0.29, 0.717) is 13.2 Å². The number of fused-ring (bicyclic) bond motifs is 1. The van der Waals surface area contributed by atoms with Crippen LogP contribution in [0, 0.1) is 11.8 Å². The number of hydrogen-bond donors (Lipinski definition) is 0. The van der Waals surface area contributed by atoms with Crippen LogP contribution < -0.4 is 0 Å². The third-order valence-electron chi connectivity index (χ3n) is 4.97. The molecule has 5 nitrogen and oxygen atoms in total. The predicted molar refractivity (Wildman–Crippen MR) is 81.1 cm³/mol. The van der Waals surface area contributed by atoms with Crippen molar-refractivity contribution in [1.82, 2.24) is 4.90 Å². The quantitative estimate of drug-likeness (QED) is 0.409. The Balaban J connectivity index is 1.73. The van der Waals surface area contributed by atoms with Gasteiger partial charge in [0, 0.05) is 6.54 Å². The zero-order chi connectivity index (χ0) is 15.7. The average Bonchev–Trinajstić information content (AvgIpc) is 3.14. The molecule has 3 aliphatic heterocycles. The van der Waals surface area contributed by atoms with E-state index in [1.165, 1.54) is 0 Å². The van der Waals surface area contributed by atoms with E-state index in [1.54, 1.807) is 0 Å². The summed E-state index contributed by atoms with van der Waals surface area (Å²) < 4.78 is 11.4. The van der Waals surface area contributed by atoms with Gasteiger partial charge < -0.3 is 14.4 Å². The summed E-state index contributed by atoms with van der Waals surface area (Å²) in [6.45, 7) is 5.90. The van der Waals surface area contributed by atoms with E-state index in [4.69, 9.17) is 9.47 Å². The summed E-state index contributed by atoms with van der Waals surface area (Å²) >= 11 is 0. The van der Waals surface area contributed by atoms with Crippen molar-refractivity contribution in [2.75, 3.05) is 19.7 Å². The molecule has 0 radical (unpaired) electrons. The van der Waals surface area contributed by atoms with Gasteiger partial charge in [0.2, 0.25) is 5.91 Å². The smallest absolute Gasteiger partial charge is 0.312 e. The minimum Gasteiger partial charge on any atom is -0.465 e. The second-order valence-corrected chi connectivity index (χ2v) is 6.53. The van der Waals surface area contributed by atoms with E-state index >= 15 is 0 Å². The summed E-state index contributed by atoms with van der Waals surface area (Å²) in [6.07, 6.45) is 7.48. The van der Waals surface area contributed by atoms with Crippen molar-refractivity contribution in [2.45, 2.75) is 51.2 Å². The number of esters is 1. The van der Waals surface area contributed by atoms with Gasteiger partial charge in [-0.05, 0) is 12.8 Å². The first-order chi connectivity index (χ1) is 10.6. The van der Waals surface area contributed by atoms with Gasteiger partial charge in [0.05, 0.1) is 25.2 Å². The minimum atomic E-state index is -0.593. The molecule has 3 aliphatic rings. The standard InChI is InChI=1S/C17H25NO4/c1-3-5-9-18-11-17-8-7-12(22-17)13(14(17)15(18)19)16(20)21-10-6-4-2/h7-8,12-14H,3-6,9-11H2,1-2H3/t12-,13+,14+,17-/m1/s1. The van der Waals surface area contributed by atoms with E-state index in [1.807, 2.05) is 17.1 Å². The summed E-state index contributed by atoms with van der Waals surface area (Å²) in [5.74, 6) is -1.09. The molecular formula is C17H25NO4. The van der Waals surface area contributed by atoms with Crippen LogP contribution >= 0.6 is 0 Å². The fraction of sp³-hybridized carbons (Fsp3) is 0.765. The maximum Gasteiger partial charge on any atom is 0.312 e. The van der Waals surface area contributed by atoms with Gasteiger partial charge in [-0.25, -0.2) is 0 Å². The number of carbonyl (C=O) groups excluding carboxylic acids is 2. The average molecular weight is 307 g/mol. The van der Waals surface area contributed by atoms with Crippen LogP contribution in [0.2, 0.25) is 0 Å². The topological polar surface area (TPSA) is 55.8 Å². The Hall–Kier alpha value is -1.36. The van der Waals surface area contributed by atoms with Gasteiger partial charge in [-0.1, -0.05) is 38.8 Å². The first kappa shape index (κ1) is 15.5. The molecule has 4 atom stereocenters. The summed E-state index contributed by atoms with van der Waals surface area (Å²) in [5, 5.41) is 0. The Morgan fingerprint density at radius 1 is 1.41 bits per heavy atom. The summed E-state index contributed by atoms with van der Waals surface area (Å²) in [4.78, 5) is 27.0. The fourth-order valence-electron chi connectivity index (χ4n) is 3.80. The van der Waals surface area contributed by atoms with Gasteiger partial charge in [0.25, 0.3) is 0 Å². The molecule has 22 heavy (non-hydrogen) atoms. The molecule has 1 amide bonds. The van der Waals surface area contributed by atoms with E-state index < -0.39 is 17.4 Å². The Bertz CT molecular complexity index is 489. The molecule has 3 heterocycles. The predicted octanol–water partition coefficient (Wildman–Crippen LogP) is 1.91. The molecular weight excluding hydrogens is 282 g/mol. The molecule has 2 fully saturated rings. The number of hydrogen-bond acceptors (Lipinski definition) is 4. The van der Waals surface area contributed by atoms with Gasteiger partial charge >= 0.3 is 5.97 Å². The lowest BCUT2D eigenvalue weighted by Gasteiger charge is -2.22. The van der Waals surface area contributed by atoms with Crippen LogP contribution in [0.1, 0.15) is 39.5 Å². The summed E-state index contributed by atoms with van der Waals surface area (Å²) in [7, 11) is 0. The lowest BCUT2D eigenvalue weighted by molar-refractivity contribution is -0.153. The lowest BCUT2D eigenvalue weighted by Crippen LogP contribution is -2.40. The zero-order valence-corrected chi connectivity index (χ0v) is 13.4. The molecule has 2 saturated heterocycles. The molecule has 5 heteroatoms. The van der Waals surface area contributed by atoms with Gasteiger partial charge in [0.15, 0.2) is 0 Å². The van der Waals surface area contributed by atoms with Gasteiger partial charge in [0.1, 0.15) is 11.5 Å². The SMILES string of the molecule is CCCCOC(=O)[C@@H]1[C@H]2C(=O)N(CCCC)C[C@]23C=C[C@H]1O3. The molecule has 1 spiro atoms. The first-order valence-corrected chi connectivity index (χ1v) is 8.45. The Kier molecular flexibility index (Phi) is 4.26. The normalized spacial score (nSPS) is 35.3.